The van der Waals surface area contributed by atoms with E-state index >= 15 is 0 Å². The second-order valence-corrected chi connectivity index (χ2v) is 6.89. The lowest BCUT2D eigenvalue weighted by Gasteiger charge is -2.34. The predicted molar refractivity (Wildman–Crippen MR) is 106 cm³/mol. The van der Waals surface area contributed by atoms with E-state index in [-0.39, 0.29) is 38.7 Å². The maximum absolute atomic E-state index is 6.52. The molecule has 0 amide bonds. The highest BCUT2D eigenvalue weighted by Crippen LogP contribution is 2.22. The second-order valence-electron chi connectivity index (χ2n) is 6.89. The van der Waals surface area contributed by atoms with Crippen LogP contribution in [0.1, 0.15) is 77.0 Å². The molecule has 13 heteroatoms. The van der Waals surface area contributed by atoms with Crippen LogP contribution in [0.25, 0.3) is 0 Å². The molecule has 0 aromatic rings. The highest BCUT2D eigenvalue weighted by atomic mass is 16.0. The van der Waals surface area contributed by atoms with Crippen LogP contribution in [-0.4, -0.2) is 38.7 Å². The average molecular weight is 405 g/mol. The van der Waals surface area contributed by atoms with Crippen LogP contribution >= 0.6 is 0 Å². The lowest BCUT2D eigenvalue weighted by atomic mass is 9.91. The molecule has 2 heterocycles. The van der Waals surface area contributed by atoms with E-state index in [1.54, 1.807) is 0 Å². The van der Waals surface area contributed by atoms with Gasteiger partial charge in [-0.1, -0.05) is 51.4 Å². The summed E-state index contributed by atoms with van der Waals surface area (Å²) in [5.41, 5.74) is 30.2. The number of nitrogens with two attached hydrogens (primary N) is 2. The van der Waals surface area contributed by atoms with E-state index < -0.39 is 0 Å². The smallest absolute Gasteiger partial charge is 0.0805 e. The Labute approximate surface area is 161 Å². The van der Waals surface area contributed by atoms with Crippen molar-refractivity contribution in [3.8, 4) is 0 Å². The Kier molecular flexibility index (Phi) is 22.1. The standard InChI is InChI=1S/C14H34N8.5H2O/c15-13-9-5-1-2-6-10-14(16,12-8-4-3-7-11-13)18-20-22-21-19-17-13;;;;;/h17-22H,1-12,15-16H2;5*1H2. The minimum absolute atomic E-state index is 0. The topological polar surface area (TPSA) is 282 Å². The molecule has 2 aliphatic heterocycles. The summed E-state index contributed by atoms with van der Waals surface area (Å²) in [6.07, 6.45) is 13.3. The highest BCUT2D eigenvalue weighted by Gasteiger charge is 2.26. The number of nitrogens with one attached hydrogen (secondary N) is 6. The van der Waals surface area contributed by atoms with E-state index in [9.17, 15) is 0 Å². The summed E-state index contributed by atoms with van der Waals surface area (Å²) in [6, 6.07) is 0. The molecule has 0 spiro atoms. The first-order valence-electron chi connectivity index (χ1n) is 8.74. The molecule has 0 unspecified atom stereocenters. The van der Waals surface area contributed by atoms with Crippen molar-refractivity contribution in [1.82, 2.24) is 33.0 Å². The lowest BCUT2D eigenvalue weighted by molar-refractivity contribution is 0.155. The normalized spacial score (nSPS) is 30.4. The zero-order valence-corrected chi connectivity index (χ0v) is 16.1. The maximum Gasteiger partial charge on any atom is 0.0805 e. The first-order chi connectivity index (χ1) is 10.6. The molecule has 2 saturated heterocycles. The Balaban J connectivity index is -0.000000529. The Bertz CT molecular complexity index is 256. The zero-order valence-electron chi connectivity index (χ0n) is 16.1. The molecular weight excluding hydrogens is 360 g/mol. The number of hydrogen-bond acceptors (Lipinski definition) is 8. The Morgan fingerprint density at radius 1 is 0.407 bits per heavy atom. The van der Waals surface area contributed by atoms with Gasteiger partial charge in [0.25, 0.3) is 0 Å². The molecule has 0 aromatic carbocycles. The molecule has 3 fully saturated rings. The quantitative estimate of drug-likeness (QED) is 0.196. The van der Waals surface area contributed by atoms with E-state index in [4.69, 9.17) is 11.5 Å². The van der Waals surface area contributed by atoms with Crippen LogP contribution in [-0.2, 0) is 0 Å². The van der Waals surface area contributed by atoms with Gasteiger partial charge in [0, 0.05) is 0 Å². The van der Waals surface area contributed by atoms with Gasteiger partial charge in [-0.15, -0.1) is 0 Å². The fourth-order valence-corrected chi connectivity index (χ4v) is 3.34. The van der Waals surface area contributed by atoms with Gasteiger partial charge in [0.1, 0.15) is 0 Å². The molecular formula is C14H44N8O5. The van der Waals surface area contributed by atoms with Gasteiger partial charge in [0.15, 0.2) is 0 Å². The van der Waals surface area contributed by atoms with E-state index in [1.165, 1.54) is 25.7 Å². The average Bonchev–Trinajstić information content (AvgIpc) is 2.49. The van der Waals surface area contributed by atoms with Crippen LogP contribution < -0.4 is 44.5 Å². The summed E-state index contributed by atoms with van der Waals surface area (Å²) in [7, 11) is 0. The van der Waals surface area contributed by atoms with Gasteiger partial charge in [-0.05, 0) is 25.7 Å². The van der Waals surface area contributed by atoms with E-state index in [1.807, 2.05) is 0 Å². The molecule has 0 radical (unpaired) electrons. The fraction of sp³-hybridized carbons (Fsp3) is 1.00. The summed E-state index contributed by atoms with van der Waals surface area (Å²) >= 11 is 0. The van der Waals surface area contributed by atoms with Gasteiger partial charge < -0.3 is 38.8 Å². The molecule has 20 N–H and O–H groups in total. The third-order valence-corrected chi connectivity index (χ3v) is 4.80. The van der Waals surface area contributed by atoms with Crippen molar-refractivity contribution in [3.05, 3.63) is 0 Å². The van der Waals surface area contributed by atoms with Gasteiger partial charge >= 0.3 is 0 Å². The van der Waals surface area contributed by atoms with Crippen molar-refractivity contribution in [2.75, 3.05) is 0 Å². The molecule has 1 aliphatic carbocycles. The molecule has 170 valence electrons. The van der Waals surface area contributed by atoms with Gasteiger partial charge in [-0.3, -0.25) is 0 Å². The van der Waals surface area contributed by atoms with Crippen LogP contribution in [0.3, 0.4) is 0 Å². The van der Waals surface area contributed by atoms with Crippen molar-refractivity contribution in [2.45, 2.75) is 88.4 Å². The van der Waals surface area contributed by atoms with Gasteiger partial charge in [-0.25, -0.2) is 10.9 Å². The maximum atomic E-state index is 6.52. The van der Waals surface area contributed by atoms with Crippen LogP contribution in [0.2, 0.25) is 0 Å². The summed E-state index contributed by atoms with van der Waals surface area (Å²) in [5.74, 6) is 0. The Hall–Kier alpha value is -0.520. The van der Waals surface area contributed by atoms with Crippen molar-refractivity contribution in [1.29, 1.82) is 0 Å². The summed E-state index contributed by atoms with van der Waals surface area (Å²) in [5, 5.41) is 0. The van der Waals surface area contributed by atoms with Crippen LogP contribution in [0.15, 0.2) is 0 Å². The van der Waals surface area contributed by atoms with Crippen molar-refractivity contribution in [3.63, 3.8) is 0 Å². The fourth-order valence-electron chi connectivity index (χ4n) is 3.34. The SMILES string of the molecule is NC12CCCCCCC(N)(CCCCCC1)NNNNNN2.O.O.O.O.O. The molecule has 0 atom stereocenters. The minimum Gasteiger partial charge on any atom is -0.412 e. The summed E-state index contributed by atoms with van der Waals surface area (Å²) in [4.78, 5) is 0. The van der Waals surface area contributed by atoms with Crippen molar-refractivity contribution >= 4 is 0 Å². The van der Waals surface area contributed by atoms with Crippen molar-refractivity contribution < 1.29 is 27.4 Å². The summed E-state index contributed by atoms with van der Waals surface area (Å²) in [6.45, 7) is 0. The third-order valence-electron chi connectivity index (χ3n) is 4.80. The van der Waals surface area contributed by atoms with Crippen LogP contribution in [0, 0.1) is 0 Å². The van der Waals surface area contributed by atoms with E-state index in [0.29, 0.717) is 0 Å². The van der Waals surface area contributed by atoms with Gasteiger partial charge in [0.2, 0.25) is 0 Å². The number of hydrogen-bond donors (Lipinski definition) is 8. The van der Waals surface area contributed by atoms with Crippen molar-refractivity contribution in [2.24, 2.45) is 11.5 Å². The molecule has 3 aliphatic rings. The largest absolute Gasteiger partial charge is 0.412 e. The van der Waals surface area contributed by atoms with Crippen LogP contribution in [0.4, 0.5) is 0 Å². The first kappa shape index (κ1) is 34.0. The van der Waals surface area contributed by atoms with E-state index in [0.717, 1.165) is 51.4 Å². The Morgan fingerprint density at radius 2 is 0.667 bits per heavy atom. The van der Waals surface area contributed by atoms with Gasteiger partial charge in [0.05, 0.1) is 11.3 Å². The minimum atomic E-state index is -0.367. The van der Waals surface area contributed by atoms with Crippen LogP contribution in [0.5, 0.6) is 0 Å². The van der Waals surface area contributed by atoms with Gasteiger partial charge in [-0.2, -0.15) is 22.1 Å². The number of rotatable bonds is 0. The second kappa shape index (κ2) is 17.6. The number of fused-ring (bicyclic) bond motifs is 15. The number of hydrazine groups is 5. The summed E-state index contributed by atoms with van der Waals surface area (Å²) < 4.78 is 0. The highest BCUT2D eigenvalue weighted by molar-refractivity contribution is 4.82. The molecule has 27 heavy (non-hydrogen) atoms. The van der Waals surface area contributed by atoms with E-state index in [2.05, 4.69) is 33.0 Å². The molecule has 3 rings (SSSR count). The molecule has 13 nitrogen and oxygen atoms in total. The zero-order chi connectivity index (χ0) is 15.7. The Morgan fingerprint density at radius 3 is 0.926 bits per heavy atom. The lowest BCUT2D eigenvalue weighted by Crippen LogP contribution is -2.69. The third kappa shape index (κ3) is 13.3. The molecule has 1 saturated carbocycles. The first-order valence-corrected chi connectivity index (χ1v) is 8.74. The molecule has 0 aromatic heterocycles. The predicted octanol–water partition coefficient (Wildman–Crippen LogP) is -4.01. The monoisotopic (exact) mass is 404 g/mol. The molecule has 2 bridgehead atoms.